The fourth-order valence-corrected chi connectivity index (χ4v) is 1.14. The third kappa shape index (κ3) is 7.10. The van der Waals surface area contributed by atoms with E-state index in [0.717, 1.165) is 0 Å². The Kier molecular flexibility index (Phi) is 20.4. The second-order valence-corrected chi connectivity index (χ2v) is 2.27. The van der Waals surface area contributed by atoms with Gasteiger partial charge in [-0.05, 0) is 24.0 Å². The number of hydrogen-bond donors (Lipinski definition) is 0. The van der Waals surface area contributed by atoms with Gasteiger partial charge in [-0.2, -0.15) is 0 Å². The molecule has 1 aliphatic rings. The third-order valence-electron chi connectivity index (χ3n) is 1.78. The standard InChI is InChI=1S/C8H8.3CO.Mo/c1-2-4-8-6-5-7(8)3-1;3*1-2;/h1-4H,5-6H2;;;;. The summed E-state index contributed by atoms with van der Waals surface area (Å²) in [5.41, 5.74) is 3.10. The van der Waals surface area contributed by atoms with Crippen LogP contribution < -0.4 is 0 Å². The van der Waals surface area contributed by atoms with Crippen LogP contribution in [0.2, 0.25) is 0 Å². The van der Waals surface area contributed by atoms with E-state index in [1.807, 2.05) is 0 Å². The van der Waals surface area contributed by atoms with Crippen LogP contribution >= 0.6 is 0 Å². The normalized spacial score (nSPS) is 8.13. The van der Waals surface area contributed by atoms with Crippen molar-refractivity contribution in [3.8, 4) is 0 Å². The molecular weight excluding hydrogens is 276 g/mol. The molecule has 15 heavy (non-hydrogen) atoms. The van der Waals surface area contributed by atoms with Gasteiger partial charge in [0, 0.05) is 21.1 Å². The first-order valence-electron chi connectivity index (χ1n) is 3.65. The van der Waals surface area contributed by atoms with Crippen LogP contribution in [-0.4, -0.2) is 0 Å². The van der Waals surface area contributed by atoms with Gasteiger partial charge in [0.25, 0.3) is 0 Å². The zero-order valence-corrected chi connectivity index (χ0v) is 9.86. The van der Waals surface area contributed by atoms with Crippen molar-refractivity contribution in [3.63, 3.8) is 0 Å². The van der Waals surface area contributed by atoms with Crippen molar-refractivity contribution in [3.05, 3.63) is 55.3 Å². The SMILES string of the molecule is [C-]#[O+].[C-]#[O+].[C-]#[O+].[Mo].c1ccc2c(c1)CC2. The number of benzene rings is 1. The van der Waals surface area contributed by atoms with Gasteiger partial charge in [0.15, 0.2) is 0 Å². The largest absolute Gasteiger partial charge is 0.0620 e. The average Bonchev–Trinajstić information content (AvgIpc) is 2.29. The molecule has 0 aromatic heterocycles. The van der Waals surface area contributed by atoms with Gasteiger partial charge in [-0.25, -0.2) is 0 Å². The minimum absolute atomic E-state index is 0. The van der Waals surface area contributed by atoms with Crippen LogP contribution in [0.15, 0.2) is 24.3 Å². The molecule has 0 spiro atoms. The van der Waals surface area contributed by atoms with E-state index in [-0.39, 0.29) is 21.1 Å². The molecule has 0 radical (unpaired) electrons. The Hall–Kier alpha value is -0.872. The average molecular weight is 284 g/mol. The van der Waals surface area contributed by atoms with Crippen molar-refractivity contribution in [2.45, 2.75) is 12.8 Å². The van der Waals surface area contributed by atoms with E-state index in [2.05, 4.69) is 44.2 Å². The van der Waals surface area contributed by atoms with Gasteiger partial charge in [-0.3, -0.25) is 0 Å². The number of fused-ring (bicyclic) bond motifs is 1. The third-order valence-corrected chi connectivity index (χ3v) is 1.78. The number of rotatable bonds is 0. The quantitative estimate of drug-likeness (QED) is 0.395. The van der Waals surface area contributed by atoms with E-state index >= 15 is 0 Å². The van der Waals surface area contributed by atoms with Gasteiger partial charge in [0.05, 0.1) is 0 Å². The summed E-state index contributed by atoms with van der Waals surface area (Å²) < 4.78 is 22.5. The van der Waals surface area contributed by atoms with Crippen molar-refractivity contribution in [2.24, 2.45) is 0 Å². The summed E-state index contributed by atoms with van der Waals surface area (Å²) in [5, 5.41) is 0. The van der Waals surface area contributed by atoms with Gasteiger partial charge in [0.2, 0.25) is 0 Å². The minimum atomic E-state index is 0. The molecule has 0 atom stereocenters. The molecule has 0 N–H and O–H groups in total. The fourth-order valence-electron chi connectivity index (χ4n) is 1.14. The second kappa shape index (κ2) is 15.6. The van der Waals surface area contributed by atoms with Crippen molar-refractivity contribution < 1.29 is 35.0 Å². The van der Waals surface area contributed by atoms with Gasteiger partial charge < -0.3 is 0 Å². The van der Waals surface area contributed by atoms with Crippen LogP contribution in [0.3, 0.4) is 0 Å². The maximum Gasteiger partial charge on any atom is 0 e. The first kappa shape index (κ1) is 19.7. The van der Waals surface area contributed by atoms with E-state index in [0.29, 0.717) is 0 Å². The summed E-state index contributed by atoms with van der Waals surface area (Å²) in [5.74, 6) is 0. The Balaban J connectivity index is -0.000000182. The number of aryl methyl sites for hydroxylation is 2. The van der Waals surface area contributed by atoms with E-state index in [4.69, 9.17) is 14.0 Å². The summed E-state index contributed by atoms with van der Waals surface area (Å²) in [4.78, 5) is 0. The smallest absolute Gasteiger partial charge is 0 e. The molecule has 4 heteroatoms. The van der Waals surface area contributed by atoms with Crippen molar-refractivity contribution >= 4 is 0 Å². The molecule has 0 heterocycles. The van der Waals surface area contributed by atoms with Crippen molar-refractivity contribution in [1.29, 1.82) is 0 Å². The monoisotopic (exact) mass is 286 g/mol. The molecule has 0 fully saturated rings. The molecule has 1 aromatic carbocycles. The van der Waals surface area contributed by atoms with Crippen LogP contribution in [0.4, 0.5) is 0 Å². The second-order valence-electron chi connectivity index (χ2n) is 2.27. The molecule has 3 nitrogen and oxygen atoms in total. The maximum absolute atomic E-state index is 7.50. The van der Waals surface area contributed by atoms with Gasteiger partial charge >= 0.3 is 33.9 Å². The number of hydrogen-bond acceptors (Lipinski definition) is 0. The van der Waals surface area contributed by atoms with Crippen molar-refractivity contribution in [1.82, 2.24) is 0 Å². The Morgan fingerprint density at radius 3 is 1.13 bits per heavy atom. The molecule has 0 saturated heterocycles. The van der Waals surface area contributed by atoms with Gasteiger partial charge in [-0.1, -0.05) is 24.3 Å². The molecule has 0 saturated carbocycles. The topological polar surface area (TPSA) is 59.7 Å². The Labute approximate surface area is 103 Å². The van der Waals surface area contributed by atoms with Crippen LogP contribution in [0, 0.1) is 20.0 Å². The first-order valence-corrected chi connectivity index (χ1v) is 3.65. The van der Waals surface area contributed by atoms with Crippen LogP contribution in [0.5, 0.6) is 0 Å². The van der Waals surface area contributed by atoms with Crippen LogP contribution in [-0.2, 0) is 47.9 Å². The fraction of sp³-hybridized carbons (Fsp3) is 0.182. The van der Waals surface area contributed by atoms with Crippen LogP contribution in [0.1, 0.15) is 11.1 Å². The van der Waals surface area contributed by atoms with Gasteiger partial charge in [-0.15, -0.1) is 0 Å². The summed E-state index contributed by atoms with van der Waals surface area (Å²) in [6.45, 7) is 13.5. The molecule has 76 valence electrons. The zero-order valence-electron chi connectivity index (χ0n) is 7.86. The van der Waals surface area contributed by atoms with E-state index in [1.165, 1.54) is 12.8 Å². The van der Waals surface area contributed by atoms with Gasteiger partial charge in [0.1, 0.15) is 0 Å². The molecule has 0 bridgehead atoms. The van der Waals surface area contributed by atoms with E-state index < -0.39 is 0 Å². The Bertz CT molecular complexity index is 278. The summed E-state index contributed by atoms with van der Waals surface area (Å²) in [6.07, 6.45) is 2.60. The van der Waals surface area contributed by atoms with E-state index in [1.54, 1.807) is 11.1 Å². The molecule has 0 amide bonds. The Morgan fingerprint density at radius 1 is 0.733 bits per heavy atom. The molecular formula is C11H8MoO3. The molecule has 2 rings (SSSR count). The summed E-state index contributed by atoms with van der Waals surface area (Å²) in [7, 11) is 0. The Morgan fingerprint density at radius 2 is 1.00 bits per heavy atom. The first-order chi connectivity index (χ1) is 6.97. The molecule has 0 unspecified atom stereocenters. The molecule has 0 aliphatic heterocycles. The summed E-state index contributed by atoms with van der Waals surface area (Å²) in [6, 6.07) is 8.63. The molecule has 1 aromatic rings. The van der Waals surface area contributed by atoms with Crippen molar-refractivity contribution in [2.75, 3.05) is 0 Å². The predicted molar refractivity (Wildman–Crippen MR) is 45.6 cm³/mol. The predicted octanol–water partition coefficient (Wildman–Crippen LogP) is 1.67. The zero-order chi connectivity index (χ0) is 11.4. The van der Waals surface area contributed by atoms with E-state index in [9.17, 15) is 0 Å². The maximum atomic E-state index is 7.50. The van der Waals surface area contributed by atoms with Crippen LogP contribution in [0.25, 0.3) is 0 Å². The summed E-state index contributed by atoms with van der Waals surface area (Å²) >= 11 is 0. The molecule has 1 aliphatic carbocycles. The minimum Gasteiger partial charge on any atom is -0.0620 e.